The summed E-state index contributed by atoms with van der Waals surface area (Å²) in [5.41, 5.74) is 1.22. The summed E-state index contributed by atoms with van der Waals surface area (Å²) in [6, 6.07) is 10.1. The smallest absolute Gasteiger partial charge is 0.213 e. The fraction of sp³-hybridized carbons (Fsp3) is 0.500. The van der Waals surface area contributed by atoms with Crippen LogP contribution in [-0.2, 0) is 10.0 Å². The lowest BCUT2D eigenvalue weighted by Gasteiger charge is -2.05. The van der Waals surface area contributed by atoms with E-state index in [1.54, 1.807) is 7.05 Å². The standard InChI is InChI=1S/C12H18N2O2S/c1-13-7-8-17(15,16)14-12-9-11(12)10-5-3-2-4-6-10/h2-6,11-14H,7-9H2,1H3. The lowest BCUT2D eigenvalue weighted by atomic mass is 10.1. The predicted octanol–water partition coefficient (Wildman–Crippen LogP) is 0.681. The molecule has 0 amide bonds. The monoisotopic (exact) mass is 254 g/mol. The van der Waals surface area contributed by atoms with Crippen LogP contribution in [0.1, 0.15) is 17.9 Å². The Hall–Kier alpha value is -0.910. The number of hydrogen-bond donors (Lipinski definition) is 2. The van der Waals surface area contributed by atoms with E-state index in [1.807, 2.05) is 30.3 Å². The molecular formula is C12H18N2O2S. The first-order chi connectivity index (χ1) is 8.12. The minimum atomic E-state index is -3.13. The minimum Gasteiger partial charge on any atom is -0.319 e. The third-order valence-corrected chi connectivity index (χ3v) is 4.37. The third-order valence-electron chi connectivity index (χ3n) is 2.97. The van der Waals surface area contributed by atoms with Crippen LogP contribution in [0, 0.1) is 0 Å². The Kier molecular flexibility index (Phi) is 3.81. The van der Waals surface area contributed by atoms with Crippen LogP contribution >= 0.6 is 0 Å². The SMILES string of the molecule is CNCCS(=O)(=O)NC1CC1c1ccccc1. The van der Waals surface area contributed by atoms with Crippen LogP contribution in [0.25, 0.3) is 0 Å². The molecule has 0 heterocycles. The summed E-state index contributed by atoms with van der Waals surface area (Å²) in [4.78, 5) is 0. The molecule has 1 aromatic rings. The van der Waals surface area contributed by atoms with Crippen LogP contribution < -0.4 is 10.0 Å². The first-order valence-corrected chi connectivity index (χ1v) is 7.47. The van der Waals surface area contributed by atoms with Crippen molar-refractivity contribution in [2.24, 2.45) is 0 Å². The zero-order valence-corrected chi connectivity index (χ0v) is 10.7. The van der Waals surface area contributed by atoms with E-state index in [9.17, 15) is 8.42 Å². The molecule has 1 aliphatic rings. The molecule has 1 aliphatic carbocycles. The molecule has 0 bridgehead atoms. The Bertz CT molecular complexity index is 459. The maximum absolute atomic E-state index is 11.7. The van der Waals surface area contributed by atoms with Gasteiger partial charge in [0.25, 0.3) is 0 Å². The molecule has 94 valence electrons. The summed E-state index contributed by atoms with van der Waals surface area (Å²) in [5, 5.41) is 2.84. The van der Waals surface area contributed by atoms with E-state index in [0.29, 0.717) is 12.5 Å². The van der Waals surface area contributed by atoms with Crippen molar-refractivity contribution in [1.29, 1.82) is 0 Å². The topological polar surface area (TPSA) is 58.2 Å². The molecule has 2 atom stereocenters. The van der Waals surface area contributed by atoms with Crippen molar-refractivity contribution in [1.82, 2.24) is 10.0 Å². The molecule has 0 spiro atoms. The number of nitrogens with one attached hydrogen (secondary N) is 2. The molecule has 17 heavy (non-hydrogen) atoms. The van der Waals surface area contributed by atoms with Crippen molar-refractivity contribution in [2.45, 2.75) is 18.4 Å². The summed E-state index contributed by atoms with van der Waals surface area (Å²) in [7, 11) is -1.38. The molecule has 2 unspecified atom stereocenters. The van der Waals surface area contributed by atoms with E-state index in [0.717, 1.165) is 6.42 Å². The summed E-state index contributed by atoms with van der Waals surface area (Å²) in [6.07, 6.45) is 0.906. The Morgan fingerprint density at radius 2 is 2.00 bits per heavy atom. The van der Waals surface area contributed by atoms with Gasteiger partial charge in [0.2, 0.25) is 10.0 Å². The number of hydrogen-bond acceptors (Lipinski definition) is 3. The van der Waals surface area contributed by atoms with Gasteiger partial charge in [-0.2, -0.15) is 0 Å². The summed E-state index contributed by atoms with van der Waals surface area (Å²) in [6.45, 7) is 0.484. The van der Waals surface area contributed by atoms with Crippen molar-refractivity contribution in [3.05, 3.63) is 35.9 Å². The van der Waals surface area contributed by atoms with Crippen LogP contribution in [-0.4, -0.2) is 33.8 Å². The molecule has 0 aliphatic heterocycles. The maximum Gasteiger partial charge on any atom is 0.213 e. The fourth-order valence-corrected chi connectivity index (χ4v) is 3.23. The van der Waals surface area contributed by atoms with Gasteiger partial charge in [0.15, 0.2) is 0 Å². The maximum atomic E-state index is 11.7. The van der Waals surface area contributed by atoms with Crippen LogP contribution in [0.2, 0.25) is 0 Å². The minimum absolute atomic E-state index is 0.0826. The predicted molar refractivity (Wildman–Crippen MR) is 68.4 cm³/mol. The molecule has 4 nitrogen and oxygen atoms in total. The molecule has 1 aromatic carbocycles. The van der Waals surface area contributed by atoms with E-state index < -0.39 is 10.0 Å². The van der Waals surface area contributed by atoms with E-state index >= 15 is 0 Å². The van der Waals surface area contributed by atoms with Crippen LogP contribution in [0.5, 0.6) is 0 Å². The largest absolute Gasteiger partial charge is 0.319 e. The molecule has 5 heteroatoms. The second-order valence-corrected chi connectivity index (χ2v) is 6.27. The summed E-state index contributed by atoms with van der Waals surface area (Å²) in [5.74, 6) is 0.488. The van der Waals surface area contributed by atoms with E-state index in [1.165, 1.54) is 5.56 Å². The highest BCUT2D eigenvalue weighted by molar-refractivity contribution is 7.89. The highest BCUT2D eigenvalue weighted by Gasteiger charge is 2.40. The molecule has 1 saturated carbocycles. The van der Waals surface area contributed by atoms with Crippen LogP contribution in [0.3, 0.4) is 0 Å². The lowest BCUT2D eigenvalue weighted by molar-refractivity contribution is 0.577. The normalized spacial score (nSPS) is 23.6. The molecule has 0 radical (unpaired) electrons. The highest BCUT2D eigenvalue weighted by atomic mass is 32.2. The average Bonchev–Trinajstić information content (AvgIpc) is 3.06. The second kappa shape index (κ2) is 5.16. The van der Waals surface area contributed by atoms with Crippen LogP contribution in [0.4, 0.5) is 0 Å². The number of benzene rings is 1. The van der Waals surface area contributed by atoms with Gasteiger partial charge in [0.05, 0.1) is 5.75 Å². The number of rotatable bonds is 6. The third kappa shape index (κ3) is 3.52. The van der Waals surface area contributed by atoms with Gasteiger partial charge in [0.1, 0.15) is 0 Å². The van der Waals surface area contributed by atoms with Crippen molar-refractivity contribution >= 4 is 10.0 Å². The molecule has 0 aromatic heterocycles. The Morgan fingerprint density at radius 1 is 1.29 bits per heavy atom. The van der Waals surface area contributed by atoms with Crippen molar-refractivity contribution in [3.63, 3.8) is 0 Å². The Balaban J connectivity index is 1.88. The van der Waals surface area contributed by atoms with Gasteiger partial charge < -0.3 is 5.32 Å². The Labute approximate surface area is 102 Å². The van der Waals surface area contributed by atoms with Gasteiger partial charge in [-0.05, 0) is 19.0 Å². The molecular weight excluding hydrogens is 236 g/mol. The molecule has 0 saturated heterocycles. The molecule has 2 N–H and O–H groups in total. The van der Waals surface area contributed by atoms with Gasteiger partial charge in [0, 0.05) is 18.5 Å². The van der Waals surface area contributed by atoms with Gasteiger partial charge in [-0.15, -0.1) is 0 Å². The van der Waals surface area contributed by atoms with Gasteiger partial charge >= 0.3 is 0 Å². The van der Waals surface area contributed by atoms with Crippen LogP contribution in [0.15, 0.2) is 30.3 Å². The summed E-state index contributed by atoms with van der Waals surface area (Å²) < 4.78 is 26.1. The molecule has 2 rings (SSSR count). The number of sulfonamides is 1. The summed E-state index contributed by atoms with van der Waals surface area (Å²) >= 11 is 0. The Morgan fingerprint density at radius 3 is 2.65 bits per heavy atom. The van der Waals surface area contributed by atoms with Gasteiger partial charge in [-0.25, -0.2) is 13.1 Å². The first kappa shape index (κ1) is 12.5. The van der Waals surface area contributed by atoms with Gasteiger partial charge in [-0.1, -0.05) is 30.3 Å². The van der Waals surface area contributed by atoms with Crippen molar-refractivity contribution < 1.29 is 8.42 Å². The van der Waals surface area contributed by atoms with E-state index in [-0.39, 0.29) is 11.8 Å². The second-order valence-electron chi connectivity index (χ2n) is 4.40. The zero-order chi connectivity index (χ0) is 12.3. The fourth-order valence-electron chi connectivity index (χ4n) is 1.92. The van der Waals surface area contributed by atoms with E-state index in [4.69, 9.17) is 0 Å². The molecule has 1 fully saturated rings. The highest BCUT2D eigenvalue weighted by Crippen LogP contribution is 2.40. The van der Waals surface area contributed by atoms with E-state index in [2.05, 4.69) is 10.0 Å². The average molecular weight is 254 g/mol. The van der Waals surface area contributed by atoms with Crippen molar-refractivity contribution in [2.75, 3.05) is 19.3 Å². The van der Waals surface area contributed by atoms with Crippen molar-refractivity contribution in [3.8, 4) is 0 Å². The van der Waals surface area contributed by atoms with Gasteiger partial charge in [-0.3, -0.25) is 0 Å². The quantitative estimate of drug-likeness (QED) is 0.785. The zero-order valence-electron chi connectivity index (χ0n) is 9.89. The first-order valence-electron chi connectivity index (χ1n) is 5.82. The lowest BCUT2D eigenvalue weighted by Crippen LogP contribution is -2.32.